The second-order valence-electron chi connectivity index (χ2n) is 13.9. The number of nitrogens with zero attached hydrogens (tertiary/aromatic N) is 5. The lowest BCUT2D eigenvalue weighted by atomic mass is 9.93. The van der Waals surface area contributed by atoms with Crippen LogP contribution in [0.15, 0.2) is 188 Å². The molecule has 5 heteroatoms. The first-order valence-electron chi connectivity index (χ1n) is 18.5. The topological polar surface area (TPSA) is 56.5 Å². The lowest BCUT2D eigenvalue weighted by Gasteiger charge is -2.15. The van der Waals surface area contributed by atoms with Crippen LogP contribution in [-0.2, 0) is 0 Å². The van der Waals surface area contributed by atoms with Gasteiger partial charge in [-0.05, 0) is 91.6 Å². The molecule has 3 heterocycles. The van der Waals surface area contributed by atoms with Gasteiger partial charge in [-0.25, -0.2) is 15.0 Å². The molecule has 11 aromatic rings. The molecule has 3 aromatic heterocycles. The van der Waals surface area contributed by atoms with E-state index in [-0.39, 0.29) is 0 Å². The van der Waals surface area contributed by atoms with Crippen LogP contribution in [0.4, 0.5) is 0 Å². The molecule has 0 aliphatic rings. The predicted octanol–water partition coefficient (Wildman–Crippen LogP) is 12.5. The van der Waals surface area contributed by atoms with E-state index in [1.807, 2.05) is 36.7 Å². The third-order valence-electron chi connectivity index (χ3n) is 10.7. The van der Waals surface area contributed by atoms with Crippen LogP contribution in [0.1, 0.15) is 0 Å². The number of rotatable bonds is 5. The van der Waals surface area contributed by atoms with E-state index >= 15 is 0 Å². The summed E-state index contributed by atoms with van der Waals surface area (Å²) in [6.45, 7) is 0. The van der Waals surface area contributed by atoms with E-state index in [1.165, 1.54) is 32.3 Å². The van der Waals surface area contributed by atoms with Crippen molar-refractivity contribution in [3.05, 3.63) is 188 Å². The minimum atomic E-state index is 0.663. The van der Waals surface area contributed by atoms with E-state index in [4.69, 9.17) is 15.0 Å². The molecule has 8 aromatic carbocycles. The Labute approximate surface area is 316 Å². The molecule has 0 N–H and O–H groups in total. The highest BCUT2D eigenvalue weighted by atomic mass is 15.1. The van der Waals surface area contributed by atoms with Gasteiger partial charge in [0, 0.05) is 34.1 Å². The van der Waals surface area contributed by atoms with Gasteiger partial charge in [0.25, 0.3) is 0 Å². The van der Waals surface area contributed by atoms with Crippen LogP contribution in [-0.4, -0.2) is 24.5 Å². The van der Waals surface area contributed by atoms with Gasteiger partial charge in [-0.3, -0.25) is 9.55 Å². The van der Waals surface area contributed by atoms with Crippen molar-refractivity contribution in [3.63, 3.8) is 0 Å². The van der Waals surface area contributed by atoms with Gasteiger partial charge in [0.05, 0.1) is 23.1 Å². The fourth-order valence-electron chi connectivity index (χ4n) is 8.12. The Hall–Kier alpha value is -7.50. The second kappa shape index (κ2) is 12.6. The number of hydrogen-bond acceptors (Lipinski definition) is 4. The molecule has 256 valence electrons. The second-order valence-corrected chi connectivity index (χ2v) is 13.9. The highest BCUT2D eigenvalue weighted by Crippen LogP contribution is 2.39. The van der Waals surface area contributed by atoms with Crippen LogP contribution in [0.3, 0.4) is 0 Å². The molecule has 0 aliphatic carbocycles. The first kappa shape index (κ1) is 31.1. The van der Waals surface area contributed by atoms with Gasteiger partial charge in [0.1, 0.15) is 11.3 Å². The molecule has 0 bridgehead atoms. The van der Waals surface area contributed by atoms with Gasteiger partial charge in [0.15, 0.2) is 5.82 Å². The quantitative estimate of drug-likeness (QED) is 0.168. The fraction of sp³-hybridized carbons (Fsp3) is 0. The summed E-state index contributed by atoms with van der Waals surface area (Å²) >= 11 is 0. The number of fused-ring (bicyclic) bond motifs is 7. The lowest BCUT2D eigenvalue weighted by molar-refractivity contribution is 1.10. The molecule has 5 nitrogen and oxygen atoms in total. The van der Waals surface area contributed by atoms with E-state index in [0.717, 1.165) is 67.0 Å². The summed E-state index contributed by atoms with van der Waals surface area (Å²) < 4.78 is 2.20. The third-order valence-corrected chi connectivity index (χ3v) is 10.7. The Morgan fingerprint density at radius 1 is 0.400 bits per heavy atom. The maximum atomic E-state index is 5.37. The SMILES string of the molecule is c1ccc(-c2nc3cnccc3n2-c2ccc(-c3nc(-c4cc5ccccc5c5ccccc45)cc(-c4cc5ccccc5c5ccccc45)n3)cc2)cc1. The zero-order valence-electron chi connectivity index (χ0n) is 29.6. The van der Waals surface area contributed by atoms with Crippen molar-refractivity contribution in [2.75, 3.05) is 0 Å². The van der Waals surface area contributed by atoms with Crippen LogP contribution in [0.5, 0.6) is 0 Å². The van der Waals surface area contributed by atoms with Crippen molar-refractivity contribution >= 4 is 54.1 Å². The highest BCUT2D eigenvalue weighted by molar-refractivity contribution is 6.15. The Kier molecular flexibility index (Phi) is 7.10. The van der Waals surface area contributed by atoms with E-state index < -0.39 is 0 Å². The number of benzene rings is 8. The smallest absolute Gasteiger partial charge is 0.160 e. The molecule has 0 aliphatic heterocycles. The average molecular weight is 702 g/mol. The predicted molar refractivity (Wildman–Crippen MR) is 226 cm³/mol. The van der Waals surface area contributed by atoms with Crippen molar-refractivity contribution in [2.24, 2.45) is 0 Å². The summed E-state index contributed by atoms with van der Waals surface area (Å²) in [7, 11) is 0. The van der Waals surface area contributed by atoms with Gasteiger partial charge >= 0.3 is 0 Å². The third kappa shape index (κ3) is 5.17. The molecule has 11 rings (SSSR count). The summed E-state index contributed by atoms with van der Waals surface area (Å²) in [5.41, 5.74) is 8.70. The Bertz CT molecular complexity index is 3120. The van der Waals surface area contributed by atoms with Crippen LogP contribution in [0.25, 0.3) is 105 Å². The molecular formula is C50H31N5. The molecule has 0 saturated carbocycles. The van der Waals surface area contributed by atoms with Crippen LogP contribution < -0.4 is 0 Å². The van der Waals surface area contributed by atoms with Crippen molar-refractivity contribution in [1.29, 1.82) is 0 Å². The molecule has 55 heavy (non-hydrogen) atoms. The van der Waals surface area contributed by atoms with Crippen LogP contribution in [0, 0.1) is 0 Å². The first-order chi connectivity index (χ1) is 27.3. The molecule has 0 unspecified atom stereocenters. The maximum Gasteiger partial charge on any atom is 0.160 e. The number of imidazole rings is 1. The Morgan fingerprint density at radius 3 is 1.53 bits per heavy atom. The minimum Gasteiger partial charge on any atom is -0.292 e. The van der Waals surface area contributed by atoms with Gasteiger partial charge in [-0.2, -0.15) is 0 Å². The summed E-state index contributed by atoms with van der Waals surface area (Å²) in [4.78, 5) is 20.1. The molecule has 0 radical (unpaired) electrons. The minimum absolute atomic E-state index is 0.663. The molecule has 0 spiro atoms. The largest absolute Gasteiger partial charge is 0.292 e. The normalized spacial score (nSPS) is 11.6. The van der Waals surface area contributed by atoms with E-state index in [2.05, 4.69) is 161 Å². The zero-order valence-corrected chi connectivity index (χ0v) is 29.6. The summed E-state index contributed by atoms with van der Waals surface area (Å²) in [6, 6.07) is 62.0. The van der Waals surface area contributed by atoms with Crippen LogP contribution >= 0.6 is 0 Å². The molecule has 0 fully saturated rings. The highest BCUT2D eigenvalue weighted by Gasteiger charge is 2.18. The Balaban J connectivity index is 1.14. The summed E-state index contributed by atoms with van der Waals surface area (Å²) in [5, 5.41) is 9.53. The van der Waals surface area contributed by atoms with E-state index in [1.54, 1.807) is 0 Å². The summed E-state index contributed by atoms with van der Waals surface area (Å²) in [5.74, 6) is 1.53. The standard InChI is InChI=1S/C50H31N5/c1-2-12-33(13-3-1)50-54-47-31-51-27-26-48(47)55(50)36-24-22-32(23-25-36)49-52-45(43-28-34-14-4-6-16-37(34)39-18-8-10-20-41(39)43)30-46(53-49)44-29-35-15-5-7-17-38(35)40-19-9-11-21-42(40)44/h1-31H. The first-order valence-corrected chi connectivity index (χ1v) is 18.5. The average Bonchev–Trinajstić information content (AvgIpc) is 3.66. The van der Waals surface area contributed by atoms with Crippen molar-refractivity contribution < 1.29 is 0 Å². The Morgan fingerprint density at radius 2 is 0.927 bits per heavy atom. The molecular weight excluding hydrogens is 671 g/mol. The van der Waals surface area contributed by atoms with Crippen molar-refractivity contribution in [1.82, 2.24) is 24.5 Å². The van der Waals surface area contributed by atoms with Crippen molar-refractivity contribution in [2.45, 2.75) is 0 Å². The lowest BCUT2D eigenvalue weighted by Crippen LogP contribution is -1.99. The van der Waals surface area contributed by atoms with Crippen molar-refractivity contribution in [3.8, 4) is 51.0 Å². The molecule has 0 saturated heterocycles. The summed E-state index contributed by atoms with van der Waals surface area (Å²) in [6.07, 6.45) is 3.64. The van der Waals surface area contributed by atoms with Gasteiger partial charge in [-0.15, -0.1) is 0 Å². The fourth-order valence-corrected chi connectivity index (χ4v) is 8.12. The molecule has 0 atom stereocenters. The van der Waals surface area contributed by atoms with Crippen LogP contribution in [0.2, 0.25) is 0 Å². The number of hydrogen-bond donors (Lipinski definition) is 0. The number of aromatic nitrogens is 5. The van der Waals surface area contributed by atoms with Gasteiger partial charge in [0.2, 0.25) is 0 Å². The van der Waals surface area contributed by atoms with Gasteiger partial charge < -0.3 is 0 Å². The van der Waals surface area contributed by atoms with E-state index in [9.17, 15) is 0 Å². The van der Waals surface area contributed by atoms with Gasteiger partial charge in [-0.1, -0.05) is 127 Å². The zero-order chi connectivity index (χ0) is 36.3. The molecule has 0 amide bonds. The maximum absolute atomic E-state index is 5.37. The van der Waals surface area contributed by atoms with E-state index in [0.29, 0.717) is 5.82 Å². The number of pyridine rings is 1. The monoisotopic (exact) mass is 701 g/mol.